The fourth-order valence-corrected chi connectivity index (χ4v) is 2.65. The van der Waals surface area contributed by atoms with Gasteiger partial charge >= 0.3 is 6.03 Å². The first-order valence-corrected chi connectivity index (χ1v) is 9.09. The average molecular weight is 397 g/mol. The maximum absolute atomic E-state index is 12.3. The van der Waals surface area contributed by atoms with Gasteiger partial charge in [0.1, 0.15) is 6.61 Å². The SMILES string of the molecule is CCOCCOc1c(Cl)cccc1NC(=O)NC(C)c1ccc(Cl)cc1. The zero-order valence-electron chi connectivity index (χ0n) is 14.7. The molecular formula is C19H22Cl2N2O3. The van der Waals surface area contributed by atoms with Crippen LogP contribution in [0.1, 0.15) is 25.5 Å². The molecule has 0 spiro atoms. The Morgan fingerprint density at radius 1 is 1.12 bits per heavy atom. The Morgan fingerprint density at radius 2 is 1.85 bits per heavy atom. The van der Waals surface area contributed by atoms with Crippen LogP contribution in [0.4, 0.5) is 10.5 Å². The fraction of sp³-hybridized carbons (Fsp3) is 0.316. The van der Waals surface area contributed by atoms with E-state index in [1.807, 2.05) is 26.0 Å². The molecule has 2 aromatic rings. The number of carbonyl (C=O) groups excluding carboxylic acids is 1. The van der Waals surface area contributed by atoms with Crippen LogP contribution in [-0.2, 0) is 4.74 Å². The van der Waals surface area contributed by atoms with Crippen LogP contribution in [0.5, 0.6) is 5.75 Å². The minimum absolute atomic E-state index is 0.186. The highest BCUT2D eigenvalue weighted by molar-refractivity contribution is 6.32. The predicted octanol–water partition coefficient (Wildman–Crippen LogP) is 5.29. The Hall–Kier alpha value is -1.95. The molecule has 1 unspecified atom stereocenters. The van der Waals surface area contributed by atoms with Gasteiger partial charge in [0.05, 0.1) is 23.4 Å². The second-order valence-electron chi connectivity index (χ2n) is 5.53. The average Bonchev–Trinajstić information content (AvgIpc) is 2.61. The molecule has 7 heteroatoms. The second-order valence-corrected chi connectivity index (χ2v) is 6.38. The third kappa shape index (κ3) is 6.09. The molecule has 1 atom stereocenters. The number of urea groups is 1. The third-order valence-corrected chi connectivity index (χ3v) is 4.16. The summed E-state index contributed by atoms with van der Waals surface area (Å²) < 4.78 is 10.9. The van der Waals surface area contributed by atoms with Crippen molar-refractivity contribution in [1.82, 2.24) is 5.32 Å². The minimum Gasteiger partial charge on any atom is -0.487 e. The third-order valence-electron chi connectivity index (χ3n) is 3.61. The number of rotatable bonds is 8. The number of hydrogen-bond acceptors (Lipinski definition) is 3. The van der Waals surface area contributed by atoms with Crippen molar-refractivity contribution in [2.45, 2.75) is 19.9 Å². The normalized spacial score (nSPS) is 11.7. The topological polar surface area (TPSA) is 59.6 Å². The first-order chi connectivity index (χ1) is 12.5. The Bertz CT molecular complexity index is 723. The summed E-state index contributed by atoms with van der Waals surface area (Å²) in [7, 11) is 0. The molecule has 2 N–H and O–H groups in total. The van der Waals surface area contributed by atoms with E-state index in [1.165, 1.54) is 0 Å². The summed E-state index contributed by atoms with van der Waals surface area (Å²) in [5, 5.41) is 6.72. The molecule has 0 aliphatic carbocycles. The first kappa shape index (κ1) is 20.4. The van der Waals surface area contributed by atoms with Gasteiger partial charge in [-0.1, -0.05) is 41.4 Å². The van der Waals surface area contributed by atoms with E-state index in [0.29, 0.717) is 41.3 Å². The van der Waals surface area contributed by atoms with Crippen LogP contribution >= 0.6 is 23.2 Å². The molecule has 0 saturated heterocycles. The van der Waals surface area contributed by atoms with Gasteiger partial charge in [0, 0.05) is 11.6 Å². The van der Waals surface area contributed by atoms with Crippen LogP contribution < -0.4 is 15.4 Å². The number of amides is 2. The highest BCUT2D eigenvalue weighted by Crippen LogP contribution is 2.33. The summed E-state index contributed by atoms with van der Waals surface area (Å²) in [5.41, 5.74) is 1.44. The van der Waals surface area contributed by atoms with Crippen molar-refractivity contribution in [3.8, 4) is 5.75 Å². The number of halogens is 2. The van der Waals surface area contributed by atoms with Crippen molar-refractivity contribution >= 4 is 34.9 Å². The molecule has 2 amide bonds. The van der Waals surface area contributed by atoms with Gasteiger partial charge in [-0.2, -0.15) is 0 Å². The summed E-state index contributed by atoms with van der Waals surface area (Å²) in [5.74, 6) is 0.420. The Morgan fingerprint density at radius 3 is 2.54 bits per heavy atom. The number of anilines is 1. The van der Waals surface area contributed by atoms with Crippen molar-refractivity contribution in [2.24, 2.45) is 0 Å². The second kappa shape index (κ2) is 10.3. The molecule has 2 rings (SSSR count). The largest absolute Gasteiger partial charge is 0.487 e. The molecule has 0 aliphatic rings. The Kier molecular flexibility index (Phi) is 8.04. The van der Waals surface area contributed by atoms with Crippen molar-refractivity contribution in [3.63, 3.8) is 0 Å². The lowest BCUT2D eigenvalue weighted by molar-refractivity contribution is 0.110. The van der Waals surface area contributed by atoms with E-state index in [-0.39, 0.29) is 12.1 Å². The first-order valence-electron chi connectivity index (χ1n) is 8.33. The molecule has 26 heavy (non-hydrogen) atoms. The number of para-hydroxylation sites is 1. The lowest BCUT2D eigenvalue weighted by atomic mass is 10.1. The molecule has 140 valence electrons. The molecule has 0 heterocycles. The van der Waals surface area contributed by atoms with Gasteiger partial charge in [0.25, 0.3) is 0 Å². The number of ether oxygens (including phenoxy) is 2. The predicted molar refractivity (Wildman–Crippen MR) is 105 cm³/mol. The lowest BCUT2D eigenvalue weighted by Crippen LogP contribution is -2.31. The highest BCUT2D eigenvalue weighted by atomic mass is 35.5. The number of benzene rings is 2. The van der Waals surface area contributed by atoms with Crippen LogP contribution in [0.3, 0.4) is 0 Å². The van der Waals surface area contributed by atoms with E-state index in [4.69, 9.17) is 32.7 Å². The fourth-order valence-electron chi connectivity index (χ4n) is 2.29. The van der Waals surface area contributed by atoms with E-state index in [0.717, 1.165) is 5.56 Å². The molecule has 0 fully saturated rings. The quantitative estimate of drug-likeness (QED) is 0.595. The summed E-state index contributed by atoms with van der Waals surface area (Å²) in [4.78, 5) is 12.3. The smallest absolute Gasteiger partial charge is 0.319 e. The molecule has 5 nitrogen and oxygen atoms in total. The van der Waals surface area contributed by atoms with Gasteiger partial charge in [0.15, 0.2) is 5.75 Å². The van der Waals surface area contributed by atoms with E-state index < -0.39 is 0 Å². The van der Waals surface area contributed by atoms with Crippen molar-refractivity contribution in [3.05, 3.63) is 58.1 Å². The van der Waals surface area contributed by atoms with Crippen LogP contribution in [0, 0.1) is 0 Å². The van der Waals surface area contributed by atoms with Gasteiger partial charge in [-0.05, 0) is 43.7 Å². The van der Waals surface area contributed by atoms with Gasteiger partial charge in [-0.3, -0.25) is 0 Å². The van der Waals surface area contributed by atoms with E-state index >= 15 is 0 Å². The molecular weight excluding hydrogens is 375 g/mol. The Labute approximate surface area is 163 Å². The summed E-state index contributed by atoms with van der Waals surface area (Å²) in [6, 6.07) is 12.0. The highest BCUT2D eigenvalue weighted by Gasteiger charge is 2.14. The van der Waals surface area contributed by atoms with Crippen LogP contribution in [0.25, 0.3) is 0 Å². The Balaban J connectivity index is 1.99. The van der Waals surface area contributed by atoms with Gasteiger partial charge in [0.2, 0.25) is 0 Å². The van der Waals surface area contributed by atoms with Crippen LogP contribution in [-0.4, -0.2) is 25.9 Å². The standard InChI is InChI=1S/C19H22Cl2N2O3/c1-3-25-11-12-26-18-16(21)5-4-6-17(18)23-19(24)22-13(2)14-7-9-15(20)10-8-14/h4-10,13H,3,11-12H2,1-2H3,(H2,22,23,24). The van der Waals surface area contributed by atoms with Gasteiger partial charge in [-0.15, -0.1) is 0 Å². The van der Waals surface area contributed by atoms with E-state index in [2.05, 4.69) is 10.6 Å². The zero-order chi connectivity index (χ0) is 18.9. The molecule has 0 saturated carbocycles. The van der Waals surface area contributed by atoms with Crippen molar-refractivity contribution < 1.29 is 14.3 Å². The number of carbonyl (C=O) groups is 1. The molecule has 0 aliphatic heterocycles. The summed E-state index contributed by atoms with van der Waals surface area (Å²) in [6.07, 6.45) is 0. The molecule has 0 aromatic heterocycles. The minimum atomic E-state index is -0.357. The molecule has 0 radical (unpaired) electrons. The van der Waals surface area contributed by atoms with Crippen LogP contribution in [0.15, 0.2) is 42.5 Å². The van der Waals surface area contributed by atoms with E-state index in [9.17, 15) is 4.79 Å². The lowest BCUT2D eigenvalue weighted by Gasteiger charge is -2.17. The van der Waals surface area contributed by atoms with Crippen LogP contribution in [0.2, 0.25) is 10.0 Å². The van der Waals surface area contributed by atoms with Gasteiger partial charge < -0.3 is 20.1 Å². The number of nitrogens with one attached hydrogen (secondary N) is 2. The summed E-state index contributed by atoms with van der Waals surface area (Å²) >= 11 is 12.1. The maximum atomic E-state index is 12.3. The summed E-state index contributed by atoms with van der Waals surface area (Å²) in [6.45, 7) is 5.20. The molecule has 0 bridgehead atoms. The van der Waals surface area contributed by atoms with Crippen molar-refractivity contribution in [1.29, 1.82) is 0 Å². The van der Waals surface area contributed by atoms with Crippen molar-refractivity contribution in [2.75, 3.05) is 25.1 Å². The molecule has 2 aromatic carbocycles. The van der Waals surface area contributed by atoms with E-state index in [1.54, 1.807) is 30.3 Å². The zero-order valence-corrected chi connectivity index (χ0v) is 16.2. The number of hydrogen-bond donors (Lipinski definition) is 2. The maximum Gasteiger partial charge on any atom is 0.319 e. The van der Waals surface area contributed by atoms with Gasteiger partial charge in [-0.25, -0.2) is 4.79 Å². The monoisotopic (exact) mass is 396 g/mol.